The van der Waals surface area contributed by atoms with E-state index in [1.807, 2.05) is 0 Å². The van der Waals surface area contributed by atoms with E-state index in [4.69, 9.17) is 23.2 Å². The van der Waals surface area contributed by atoms with Crippen molar-refractivity contribution in [2.45, 2.75) is 50.2 Å². The highest BCUT2D eigenvalue weighted by molar-refractivity contribution is 6.30. The van der Waals surface area contributed by atoms with Crippen molar-refractivity contribution in [1.29, 1.82) is 0 Å². The molecule has 34 heavy (non-hydrogen) atoms. The molecule has 3 aliphatic rings. The molecule has 2 aromatic rings. The van der Waals surface area contributed by atoms with Gasteiger partial charge in [-0.2, -0.15) is 0 Å². The Morgan fingerprint density at radius 2 is 2.03 bits per heavy atom. The van der Waals surface area contributed by atoms with Gasteiger partial charge in [0.15, 0.2) is 0 Å². The van der Waals surface area contributed by atoms with Crippen LogP contribution in [0.1, 0.15) is 43.7 Å². The Hall–Kier alpha value is -2.62. The van der Waals surface area contributed by atoms with Crippen LogP contribution in [0.3, 0.4) is 0 Å². The molecule has 4 atom stereocenters. The summed E-state index contributed by atoms with van der Waals surface area (Å²) in [5.74, 6) is -2.23. The number of hydrogen-bond donors (Lipinski definition) is 1. The van der Waals surface area contributed by atoms with E-state index >= 15 is 4.39 Å². The largest absolute Gasteiger partial charge is 0.308 e. The van der Waals surface area contributed by atoms with Gasteiger partial charge in [0.1, 0.15) is 28.6 Å². The van der Waals surface area contributed by atoms with E-state index in [0.29, 0.717) is 18.4 Å². The van der Waals surface area contributed by atoms with Gasteiger partial charge in [0, 0.05) is 29.0 Å². The first-order valence-corrected chi connectivity index (χ1v) is 11.3. The van der Waals surface area contributed by atoms with Crippen LogP contribution in [0.4, 0.5) is 10.2 Å². The fraction of sp³-hybridized carbons (Fsp3) is 0.435. The van der Waals surface area contributed by atoms with E-state index in [1.54, 1.807) is 11.0 Å². The fourth-order valence-corrected chi connectivity index (χ4v) is 5.84. The number of likely N-dealkylation sites (tertiary alicyclic amines) is 1. The maximum Gasteiger partial charge on any atom is 0.251 e. The van der Waals surface area contributed by atoms with Crippen molar-refractivity contribution in [3.8, 4) is 0 Å². The molecule has 2 aliphatic heterocycles. The Morgan fingerprint density at radius 3 is 2.68 bits per heavy atom. The number of aldehydes is 1. The number of rotatable bonds is 6. The zero-order chi connectivity index (χ0) is 23.5. The molecule has 1 spiro atoms. The first-order valence-electron chi connectivity index (χ1n) is 10.6. The highest BCUT2D eigenvalue weighted by Gasteiger charge is 2.71. The van der Waals surface area contributed by atoms with Gasteiger partial charge in [-0.05, 0) is 37.0 Å². The lowest BCUT2D eigenvalue weighted by molar-refractivity contribution is -0.528. The number of halogens is 3. The number of aromatic nitrogens is 1. The number of nitro groups is 1. The van der Waals surface area contributed by atoms with Crippen molar-refractivity contribution in [2.24, 2.45) is 5.92 Å². The molecule has 1 N–H and O–H groups in total. The average molecular weight is 509 g/mol. The van der Waals surface area contributed by atoms with Gasteiger partial charge in [-0.15, -0.1) is 0 Å². The predicted octanol–water partition coefficient (Wildman–Crippen LogP) is 4.42. The summed E-state index contributed by atoms with van der Waals surface area (Å²) in [6.07, 6.45) is 2.25. The summed E-state index contributed by atoms with van der Waals surface area (Å²) >= 11 is 12.1. The van der Waals surface area contributed by atoms with E-state index in [0.717, 1.165) is 12.8 Å². The van der Waals surface area contributed by atoms with Crippen LogP contribution in [-0.4, -0.2) is 45.6 Å². The first-order chi connectivity index (χ1) is 15.8. The van der Waals surface area contributed by atoms with Crippen molar-refractivity contribution in [2.75, 3.05) is 11.9 Å². The second-order valence-electron chi connectivity index (χ2n) is 8.71. The Morgan fingerprint density at radius 1 is 1.29 bits per heavy atom. The molecule has 1 aromatic heterocycles. The number of amides is 1. The number of carbonyl (C=O) groups excluding carboxylic acids is 2. The number of benzene rings is 1. The van der Waals surface area contributed by atoms with E-state index < -0.39 is 40.2 Å². The van der Waals surface area contributed by atoms with Crippen LogP contribution in [-0.2, 0) is 15.1 Å². The zero-order valence-corrected chi connectivity index (χ0v) is 18.7. The number of anilines is 1. The fourth-order valence-electron chi connectivity index (χ4n) is 5.51. The maximum atomic E-state index is 15.4. The number of fused-ring (bicyclic) bond motifs is 2. The van der Waals surface area contributed by atoms with Crippen molar-refractivity contribution in [3.63, 3.8) is 0 Å². The number of pyridine rings is 1. The van der Waals surface area contributed by atoms with Crippen molar-refractivity contribution >= 4 is 41.2 Å². The zero-order valence-electron chi connectivity index (χ0n) is 17.2. The summed E-state index contributed by atoms with van der Waals surface area (Å²) in [6.45, 7) is 0.358. The van der Waals surface area contributed by atoms with Gasteiger partial charge in [-0.3, -0.25) is 19.8 Å². The first kappa shape index (κ1) is 24.5. The van der Waals surface area contributed by atoms with Crippen LogP contribution in [0.25, 0.3) is 0 Å². The summed E-state index contributed by atoms with van der Waals surface area (Å²) < 4.78 is 15.4. The van der Waals surface area contributed by atoms with Crippen LogP contribution in [0, 0.1) is 21.8 Å². The predicted molar refractivity (Wildman–Crippen MR) is 125 cm³/mol. The van der Waals surface area contributed by atoms with Crippen LogP contribution >= 0.6 is 23.2 Å². The molecule has 1 amide bonds. The van der Waals surface area contributed by atoms with Crippen molar-refractivity contribution in [3.05, 3.63) is 67.6 Å². The topological polar surface area (TPSA) is 105 Å². The molecule has 5 rings (SSSR count). The minimum atomic E-state index is -1.65. The third kappa shape index (κ3) is 3.49. The summed E-state index contributed by atoms with van der Waals surface area (Å²) in [5.41, 5.74) is -1.31. The molecule has 1 aromatic carbocycles. The Labute approximate surface area is 205 Å². The highest BCUT2D eigenvalue weighted by atomic mass is 35.5. The van der Waals surface area contributed by atoms with Gasteiger partial charge in [0.2, 0.25) is 6.04 Å². The minimum absolute atomic E-state index is 0. The number of carbonyl (C=O) groups is 2. The lowest BCUT2D eigenvalue weighted by atomic mass is 9.74. The van der Waals surface area contributed by atoms with E-state index in [9.17, 15) is 19.7 Å². The van der Waals surface area contributed by atoms with Crippen LogP contribution in [0.2, 0.25) is 10.2 Å². The smallest absolute Gasteiger partial charge is 0.251 e. The third-order valence-corrected chi connectivity index (χ3v) is 7.44. The van der Waals surface area contributed by atoms with Crippen LogP contribution in [0.5, 0.6) is 0 Å². The molecule has 2 fully saturated rings. The Bertz CT molecular complexity index is 1180. The molecule has 8 nitrogen and oxygen atoms in total. The second kappa shape index (κ2) is 8.87. The van der Waals surface area contributed by atoms with Crippen molar-refractivity contribution < 1.29 is 18.9 Å². The highest BCUT2D eigenvalue weighted by Crippen LogP contribution is 2.59. The molecule has 1 saturated carbocycles. The normalized spacial score (nSPS) is 27.9. The number of nitrogens with one attached hydrogen (secondary N) is 1. The van der Waals surface area contributed by atoms with Gasteiger partial charge >= 0.3 is 0 Å². The molecule has 0 radical (unpaired) electrons. The van der Waals surface area contributed by atoms with Gasteiger partial charge in [0.05, 0.1) is 17.0 Å². The molecular formula is C23H23Cl2FN4O4. The Balaban J connectivity index is 0.00000274. The molecule has 11 heteroatoms. The standard InChI is InChI=1S/C22H19Cl2FN4O4.CH4/c23-14-3-1-2-12(18(14)25)17-19(29(32)33)15(8-9-30)28(10-11-4-5-11)22(17)13-6-7-16(24)26-20(13)27-21(22)31;/h1-3,6-7,9,11,15,17,19H,4-5,8,10H2,(H,26,27,31);1H4/t15-,17-,19+,22+;/m0./s1. The summed E-state index contributed by atoms with van der Waals surface area (Å²) in [4.78, 5) is 43.3. The maximum absolute atomic E-state index is 15.4. The lowest BCUT2D eigenvalue weighted by Crippen LogP contribution is -2.52. The number of nitrogens with zero attached hydrogens (tertiary/aromatic N) is 3. The van der Waals surface area contributed by atoms with Crippen LogP contribution in [0.15, 0.2) is 30.3 Å². The molecular weight excluding hydrogens is 486 g/mol. The number of hydrogen-bond acceptors (Lipinski definition) is 6. The quantitative estimate of drug-likeness (QED) is 0.268. The average Bonchev–Trinajstić information content (AvgIpc) is 3.48. The van der Waals surface area contributed by atoms with Gasteiger partial charge in [-0.1, -0.05) is 42.8 Å². The van der Waals surface area contributed by atoms with Gasteiger partial charge in [0.25, 0.3) is 5.91 Å². The molecule has 180 valence electrons. The van der Waals surface area contributed by atoms with Gasteiger partial charge in [-0.25, -0.2) is 9.37 Å². The Kier molecular flexibility index (Phi) is 6.39. The molecule has 0 unspecified atom stereocenters. The van der Waals surface area contributed by atoms with Crippen molar-refractivity contribution in [1.82, 2.24) is 9.88 Å². The van der Waals surface area contributed by atoms with E-state index in [2.05, 4.69) is 10.3 Å². The van der Waals surface area contributed by atoms with E-state index in [1.165, 1.54) is 24.3 Å². The molecule has 1 aliphatic carbocycles. The molecule has 3 heterocycles. The summed E-state index contributed by atoms with van der Waals surface area (Å²) in [5, 5.41) is 15.1. The monoisotopic (exact) mass is 508 g/mol. The summed E-state index contributed by atoms with van der Waals surface area (Å²) in [7, 11) is 0. The van der Waals surface area contributed by atoms with Crippen LogP contribution < -0.4 is 5.32 Å². The van der Waals surface area contributed by atoms with Gasteiger partial charge < -0.3 is 10.1 Å². The lowest BCUT2D eigenvalue weighted by Gasteiger charge is -2.38. The molecule has 0 bridgehead atoms. The third-order valence-electron chi connectivity index (χ3n) is 6.94. The SMILES string of the molecule is C.O=CC[C@H]1[C@@H]([N+](=O)[O-])[C@H](c2cccc(Cl)c2F)[C@]2(C(=O)Nc3nc(Cl)ccc32)N1CC1CC1. The second-order valence-corrected chi connectivity index (χ2v) is 9.51. The molecule has 1 saturated heterocycles. The van der Waals surface area contributed by atoms with E-state index in [-0.39, 0.29) is 41.3 Å². The summed E-state index contributed by atoms with van der Waals surface area (Å²) in [6, 6.07) is 4.99. The minimum Gasteiger partial charge on any atom is -0.308 e.